The molecule has 1 fully saturated rings. The van der Waals surface area contributed by atoms with Crippen LogP contribution in [0.15, 0.2) is 115 Å². The molecule has 11 nitrogen and oxygen atoms in total. The standard InChI is InChI=1S/C45H41N7O4/c53-34-12-17-40(42(54)27-34)52-41-7-1-4-29(43(41)37-6-3-21-48-45(37)52)5-2-20-46-24-25-56-35-13-10-33(11-14-35)51-28-38(44(49-51)30-18-22-47-23-19-30)32-8-15-36-31(26-32)9-16-39(36)50-55/h1,3-4,6-8,10-11,13-15,18-19,21-23,26,28,40,46,55H,2,5,9,12,16-17,20,24-25,27H2/b50-39+. The van der Waals surface area contributed by atoms with Gasteiger partial charge in [-0.2, -0.15) is 5.10 Å². The number of oxime groups is 1. The van der Waals surface area contributed by atoms with E-state index in [1.165, 1.54) is 11.1 Å². The van der Waals surface area contributed by atoms with Gasteiger partial charge in [-0.05, 0) is 110 Å². The molecule has 0 spiro atoms. The van der Waals surface area contributed by atoms with Crippen molar-refractivity contribution < 1.29 is 19.5 Å². The minimum atomic E-state index is -0.362. The second-order valence-corrected chi connectivity index (χ2v) is 14.5. The van der Waals surface area contributed by atoms with Crippen molar-refractivity contribution in [3.63, 3.8) is 0 Å². The molecule has 56 heavy (non-hydrogen) atoms. The molecule has 7 aromatic rings. The van der Waals surface area contributed by atoms with Crippen LogP contribution in [0.3, 0.4) is 0 Å². The van der Waals surface area contributed by atoms with Gasteiger partial charge in [-0.15, -0.1) is 0 Å². The van der Waals surface area contributed by atoms with Gasteiger partial charge in [0.15, 0.2) is 5.78 Å². The van der Waals surface area contributed by atoms with Crippen molar-refractivity contribution in [2.45, 2.75) is 51.0 Å². The first-order chi connectivity index (χ1) is 27.6. The van der Waals surface area contributed by atoms with Gasteiger partial charge in [0.2, 0.25) is 0 Å². The van der Waals surface area contributed by atoms with Gasteiger partial charge in [-0.1, -0.05) is 35.5 Å². The maximum atomic E-state index is 13.0. The van der Waals surface area contributed by atoms with Gasteiger partial charge in [0, 0.05) is 65.2 Å². The molecule has 1 saturated carbocycles. The van der Waals surface area contributed by atoms with Crippen LogP contribution in [0.5, 0.6) is 5.75 Å². The molecule has 0 amide bonds. The van der Waals surface area contributed by atoms with E-state index in [1.807, 2.05) is 53.2 Å². The maximum Gasteiger partial charge on any atom is 0.163 e. The van der Waals surface area contributed by atoms with E-state index >= 15 is 0 Å². The lowest BCUT2D eigenvalue weighted by Gasteiger charge is -2.23. The fourth-order valence-corrected chi connectivity index (χ4v) is 8.30. The summed E-state index contributed by atoms with van der Waals surface area (Å²) in [6.45, 7) is 2.08. The monoisotopic (exact) mass is 743 g/mol. The summed E-state index contributed by atoms with van der Waals surface area (Å²) in [6, 6.07) is 28.1. The predicted molar refractivity (Wildman–Crippen MR) is 216 cm³/mol. The van der Waals surface area contributed by atoms with E-state index in [2.05, 4.69) is 67.6 Å². The summed E-state index contributed by atoms with van der Waals surface area (Å²) in [6.07, 6.45) is 11.7. The molecule has 1 unspecified atom stereocenters. The molecule has 0 radical (unpaired) electrons. The third-order valence-corrected chi connectivity index (χ3v) is 11.0. The summed E-state index contributed by atoms with van der Waals surface area (Å²) in [5.74, 6) is 0.785. The van der Waals surface area contributed by atoms with Gasteiger partial charge in [0.25, 0.3) is 0 Å². The lowest BCUT2D eigenvalue weighted by Crippen LogP contribution is -2.27. The zero-order chi connectivity index (χ0) is 38.0. The number of carbonyl (C=O) groups is 2. The van der Waals surface area contributed by atoms with Crippen molar-refractivity contribution >= 4 is 39.2 Å². The Labute approximate surface area is 323 Å². The molecule has 3 aromatic carbocycles. The number of hydrogen-bond acceptors (Lipinski definition) is 9. The average molecular weight is 744 g/mol. The van der Waals surface area contributed by atoms with Crippen molar-refractivity contribution in [1.82, 2.24) is 29.6 Å². The number of carbonyl (C=O) groups excluding carboxylic acids is 2. The predicted octanol–water partition coefficient (Wildman–Crippen LogP) is 7.69. The number of benzene rings is 3. The van der Waals surface area contributed by atoms with Crippen LogP contribution in [0.4, 0.5) is 0 Å². The summed E-state index contributed by atoms with van der Waals surface area (Å²) >= 11 is 0. The van der Waals surface area contributed by atoms with Gasteiger partial charge in [-0.25, -0.2) is 9.67 Å². The third-order valence-electron chi connectivity index (χ3n) is 11.0. The quantitative estimate of drug-likeness (QED) is 0.0563. The number of nitrogens with zero attached hydrogens (tertiary/aromatic N) is 6. The number of ketones is 2. The number of rotatable bonds is 12. The molecule has 4 aromatic heterocycles. The van der Waals surface area contributed by atoms with E-state index in [-0.39, 0.29) is 24.0 Å². The van der Waals surface area contributed by atoms with Crippen LogP contribution in [0.1, 0.15) is 54.8 Å². The summed E-state index contributed by atoms with van der Waals surface area (Å²) in [5.41, 5.74) is 10.8. The van der Waals surface area contributed by atoms with Crippen LogP contribution in [0.2, 0.25) is 0 Å². The Morgan fingerprint density at radius 2 is 1.75 bits per heavy atom. The normalized spacial score (nSPS) is 16.3. The molecule has 280 valence electrons. The van der Waals surface area contributed by atoms with Crippen molar-refractivity contribution in [2.24, 2.45) is 5.16 Å². The van der Waals surface area contributed by atoms with Gasteiger partial charge < -0.3 is 19.8 Å². The highest BCUT2D eigenvalue weighted by Crippen LogP contribution is 2.38. The van der Waals surface area contributed by atoms with Crippen LogP contribution in [0, 0.1) is 0 Å². The van der Waals surface area contributed by atoms with E-state index in [9.17, 15) is 14.8 Å². The first kappa shape index (κ1) is 35.3. The Morgan fingerprint density at radius 1 is 0.875 bits per heavy atom. The lowest BCUT2D eigenvalue weighted by atomic mass is 9.92. The number of fused-ring (bicyclic) bond motifs is 4. The summed E-state index contributed by atoms with van der Waals surface area (Å²) < 4.78 is 10.1. The van der Waals surface area contributed by atoms with Crippen molar-refractivity contribution in [3.8, 4) is 33.8 Å². The van der Waals surface area contributed by atoms with Crippen LogP contribution in [-0.2, 0) is 22.4 Å². The number of pyridine rings is 2. The maximum absolute atomic E-state index is 13.0. The van der Waals surface area contributed by atoms with Gasteiger partial charge in [0.05, 0.1) is 29.4 Å². The van der Waals surface area contributed by atoms with Crippen molar-refractivity contribution in [2.75, 3.05) is 19.7 Å². The average Bonchev–Trinajstić information content (AvgIpc) is 3.95. The Bertz CT molecular complexity index is 2610. The summed E-state index contributed by atoms with van der Waals surface area (Å²) in [7, 11) is 0. The number of hydrogen-bond donors (Lipinski definition) is 2. The second kappa shape index (κ2) is 15.3. The molecule has 9 rings (SSSR count). The molecular weight excluding hydrogens is 703 g/mol. The van der Waals surface area contributed by atoms with Gasteiger partial charge in [0.1, 0.15) is 29.5 Å². The van der Waals surface area contributed by atoms with Gasteiger partial charge >= 0.3 is 0 Å². The first-order valence-corrected chi connectivity index (χ1v) is 19.3. The third kappa shape index (κ3) is 6.75. The molecule has 0 saturated heterocycles. The molecule has 11 heteroatoms. The Morgan fingerprint density at radius 3 is 2.59 bits per heavy atom. The molecule has 2 aliphatic rings. The number of nitrogens with one attached hydrogen (secondary N) is 1. The zero-order valence-electron chi connectivity index (χ0n) is 30.9. The molecular formula is C45H41N7O4. The topological polar surface area (TPSA) is 137 Å². The second-order valence-electron chi connectivity index (χ2n) is 14.5. The van der Waals surface area contributed by atoms with Crippen LogP contribution < -0.4 is 10.1 Å². The number of ether oxygens (including phenoxy) is 1. The number of Topliss-reactive ketones (excluding diaryl/α,β-unsaturated/α-hetero) is 2. The molecule has 0 aliphatic heterocycles. The number of aromatic nitrogens is 5. The Hall–Kier alpha value is -6.46. The van der Waals surface area contributed by atoms with Gasteiger partial charge in [-0.3, -0.25) is 14.6 Å². The fourth-order valence-electron chi connectivity index (χ4n) is 8.30. The Balaban J connectivity index is 0.821. The zero-order valence-corrected chi connectivity index (χ0v) is 30.9. The smallest absolute Gasteiger partial charge is 0.163 e. The van der Waals surface area contributed by atoms with E-state index < -0.39 is 0 Å². The van der Waals surface area contributed by atoms with E-state index in [0.29, 0.717) is 26.0 Å². The van der Waals surface area contributed by atoms with Crippen LogP contribution >= 0.6 is 0 Å². The fraction of sp³-hybridized carbons (Fsp3) is 0.244. The number of aryl methyl sites for hydroxylation is 2. The lowest BCUT2D eigenvalue weighted by molar-refractivity contribution is -0.132. The summed E-state index contributed by atoms with van der Waals surface area (Å²) in [4.78, 5) is 33.8. The molecule has 1 atom stereocenters. The highest BCUT2D eigenvalue weighted by Gasteiger charge is 2.31. The first-order valence-electron chi connectivity index (χ1n) is 19.3. The van der Waals surface area contributed by atoms with E-state index in [4.69, 9.17) is 9.84 Å². The molecule has 2 aliphatic carbocycles. The van der Waals surface area contributed by atoms with Crippen LogP contribution in [-0.4, -0.2) is 66.5 Å². The summed E-state index contributed by atoms with van der Waals surface area (Å²) in [5, 5.41) is 23.6. The van der Waals surface area contributed by atoms with Crippen molar-refractivity contribution in [3.05, 3.63) is 126 Å². The Kier molecular flexibility index (Phi) is 9.66. The van der Waals surface area contributed by atoms with E-state index in [1.54, 1.807) is 18.6 Å². The highest BCUT2D eigenvalue weighted by atomic mass is 16.5. The largest absolute Gasteiger partial charge is 0.492 e. The van der Waals surface area contributed by atoms with E-state index in [0.717, 1.165) is 99.3 Å². The highest BCUT2D eigenvalue weighted by molar-refractivity contribution is 6.11. The molecule has 2 N–H and O–H groups in total. The SMILES string of the molecule is O=C1CCC(n2c3cccc(CCCNCCOc4ccc(-n5cc(-c6ccc7c(c6)CC/C7=N\O)c(-c6ccncc6)n5)cc4)c3c3cccnc32)C(=O)C1. The van der Waals surface area contributed by atoms with Crippen molar-refractivity contribution in [1.29, 1.82) is 0 Å². The molecule has 4 heterocycles. The molecule has 0 bridgehead atoms. The minimum absolute atomic E-state index is 0.00162. The minimum Gasteiger partial charge on any atom is -0.492 e. The van der Waals surface area contributed by atoms with Crippen LogP contribution in [0.25, 0.3) is 50.0 Å².